The summed E-state index contributed by atoms with van der Waals surface area (Å²) in [6.07, 6.45) is 0.624. The lowest BCUT2D eigenvalue weighted by Crippen LogP contribution is -2.34. The Hall–Kier alpha value is -2.65. The van der Waals surface area contributed by atoms with Crippen LogP contribution in [0, 0.1) is 0 Å². The van der Waals surface area contributed by atoms with Crippen LogP contribution in [-0.4, -0.2) is 35.4 Å². The first kappa shape index (κ1) is 17.7. The number of thiazole rings is 1. The molecule has 7 nitrogen and oxygen atoms in total. The first-order valence-corrected chi connectivity index (χ1v) is 10.0. The van der Waals surface area contributed by atoms with Gasteiger partial charge in [0.25, 0.3) is 5.91 Å². The van der Waals surface area contributed by atoms with Gasteiger partial charge in [-0.15, -0.1) is 11.3 Å². The van der Waals surface area contributed by atoms with E-state index in [1.54, 1.807) is 18.9 Å². The van der Waals surface area contributed by atoms with E-state index in [4.69, 9.17) is 10.5 Å². The van der Waals surface area contributed by atoms with Crippen molar-refractivity contribution in [2.45, 2.75) is 19.9 Å². The number of anilines is 2. The molecule has 0 radical (unpaired) electrons. The number of nitrogens with zero attached hydrogens (tertiary/aromatic N) is 2. The predicted molar refractivity (Wildman–Crippen MR) is 107 cm³/mol. The minimum Gasteiger partial charge on any atom is -0.494 e. The number of aromatic nitrogens is 1. The fourth-order valence-electron chi connectivity index (χ4n) is 3.26. The Labute approximate surface area is 163 Å². The number of carbonyl (C=O) groups is 2. The molecular formula is C18H18N4O3S2. The van der Waals surface area contributed by atoms with Crippen LogP contribution in [0.3, 0.4) is 0 Å². The zero-order valence-electron chi connectivity index (χ0n) is 14.9. The third kappa shape index (κ3) is 3.13. The summed E-state index contributed by atoms with van der Waals surface area (Å²) in [6.45, 7) is 2.66. The molecule has 3 N–H and O–H groups in total. The van der Waals surface area contributed by atoms with Crippen molar-refractivity contribution in [3.8, 4) is 5.75 Å². The summed E-state index contributed by atoms with van der Waals surface area (Å²) in [6, 6.07) is 5.75. The lowest BCUT2D eigenvalue weighted by Gasteiger charge is -2.25. The topological polar surface area (TPSA) is 97.5 Å². The molecule has 0 fully saturated rings. The van der Waals surface area contributed by atoms with Gasteiger partial charge in [0.1, 0.15) is 16.3 Å². The fourth-order valence-corrected chi connectivity index (χ4v) is 5.48. The van der Waals surface area contributed by atoms with Crippen LogP contribution in [0.1, 0.15) is 27.7 Å². The van der Waals surface area contributed by atoms with Crippen molar-refractivity contribution < 1.29 is 14.3 Å². The van der Waals surface area contributed by atoms with Crippen LogP contribution < -0.4 is 15.8 Å². The Morgan fingerprint density at radius 2 is 2.15 bits per heavy atom. The molecule has 27 heavy (non-hydrogen) atoms. The molecule has 2 amide bonds. The lowest BCUT2D eigenvalue weighted by molar-refractivity contribution is -0.129. The number of rotatable bonds is 4. The van der Waals surface area contributed by atoms with E-state index in [2.05, 4.69) is 10.3 Å². The molecule has 1 aromatic carbocycles. The van der Waals surface area contributed by atoms with Gasteiger partial charge in [0.15, 0.2) is 5.13 Å². The number of primary amides is 1. The van der Waals surface area contributed by atoms with E-state index < -0.39 is 5.91 Å². The van der Waals surface area contributed by atoms with Gasteiger partial charge in [0.05, 0.1) is 23.9 Å². The Morgan fingerprint density at radius 3 is 2.85 bits per heavy atom. The minimum absolute atomic E-state index is 0.0300. The number of fused-ring (bicyclic) bond motifs is 2. The van der Waals surface area contributed by atoms with Crippen molar-refractivity contribution in [2.75, 3.05) is 19.0 Å². The Bertz CT molecular complexity index is 1060. The van der Waals surface area contributed by atoms with Gasteiger partial charge < -0.3 is 20.7 Å². The summed E-state index contributed by atoms with van der Waals surface area (Å²) in [5, 5.41) is 4.60. The van der Waals surface area contributed by atoms with E-state index in [9.17, 15) is 9.59 Å². The first-order chi connectivity index (χ1) is 13.0. The van der Waals surface area contributed by atoms with Crippen molar-refractivity contribution in [1.29, 1.82) is 0 Å². The van der Waals surface area contributed by atoms with Crippen molar-refractivity contribution in [3.63, 3.8) is 0 Å². The second-order valence-corrected chi connectivity index (χ2v) is 8.35. The average Bonchev–Trinajstić information content (AvgIpc) is 3.20. The van der Waals surface area contributed by atoms with Gasteiger partial charge in [-0.1, -0.05) is 17.4 Å². The van der Waals surface area contributed by atoms with Crippen LogP contribution in [0.15, 0.2) is 18.2 Å². The summed E-state index contributed by atoms with van der Waals surface area (Å²) in [5.41, 5.74) is 7.88. The first-order valence-electron chi connectivity index (χ1n) is 8.38. The minimum atomic E-state index is -0.468. The van der Waals surface area contributed by atoms with Gasteiger partial charge in [0.2, 0.25) is 5.91 Å². The molecule has 9 heteroatoms. The van der Waals surface area contributed by atoms with Crippen LogP contribution >= 0.6 is 22.7 Å². The standard InChI is InChI=1S/C18H18N4O3S2/c1-9(23)22-7-6-10-13(8-22)26-17(14(10)16(19)24)21-18-20-15-11(25-2)4-3-5-12(15)27-18/h3-5H,6-8H2,1-2H3,(H2,19,24)(H,20,21). The number of carbonyl (C=O) groups excluding carboxylic acids is 2. The largest absolute Gasteiger partial charge is 0.494 e. The molecule has 1 aliphatic heterocycles. The van der Waals surface area contributed by atoms with Gasteiger partial charge >= 0.3 is 0 Å². The molecule has 3 aromatic rings. The molecular weight excluding hydrogens is 384 g/mol. The molecule has 4 rings (SSSR count). The van der Waals surface area contributed by atoms with E-state index in [0.29, 0.717) is 41.0 Å². The molecule has 2 aromatic heterocycles. The van der Waals surface area contributed by atoms with E-state index >= 15 is 0 Å². The van der Waals surface area contributed by atoms with Gasteiger partial charge in [-0.25, -0.2) is 4.98 Å². The Kier molecular flexibility index (Phi) is 4.48. The molecule has 0 atom stereocenters. The fraction of sp³-hybridized carbons (Fsp3) is 0.278. The highest BCUT2D eigenvalue weighted by atomic mass is 32.1. The second kappa shape index (κ2) is 6.82. The molecule has 3 heterocycles. The summed E-state index contributed by atoms with van der Waals surface area (Å²) >= 11 is 2.94. The van der Waals surface area contributed by atoms with Crippen LogP contribution in [0.25, 0.3) is 10.2 Å². The van der Waals surface area contributed by atoms with Gasteiger partial charge in [-0.2, -0.15) is 0 Å². The number of thiophene rings is 1. The maximum Gasteiger partial charge on any atom is 0.251 e. The lowest BCUT2D eigenvalue weighted by atomic mass is 10.0. The Morgan fingerprint density at radius 1 is 1.33 bits per heavy atom. The van der Waals surface area contributed by atoms with Gasteiger partial charge in [0, 0.05) is 18.3 Å². The molecule has 0 spiro atoms. The predicted octanol–water partition coefficient (Wildman–Crippen LogP) is 3.11. The molecule has 0 saturated carbocycles. The van der Waals surface area contributed by atoms with Crippen LogP contribution in [0.2, 0.25) is 0 Å². The van der Waals surface area contributed by atoms with Gasteiger partial charge in [-0.05, 0) is 24.1 Å². The number of para-hydroxylation sites is 1. The maximum atomic E-state index is 12.1. The molecule has 1 aliphatic rings. The van der Waals surface area contributed by atoms with Crippen LogP contribution in [0.5, 0.6) is 5.75 Å². The van der Waals surface area contributed by atoms with Crippen molar-refractivity contribution in [3.05, 3.63) is 34.2 Å². The number of amides is 2. The molecule has 0 aliphatic carbocycles. The molecule has 0 saturated heterocycles. The summed E-state index contributed by atoms with van der Waals surface area (Å²) in [7, 11) is 1.61. The smallest absolute Gasteiger partial charge is 0.251 e. The number of benzene rings is 1. The zero-order valence-corrected chi connectivity index (χ0v) is 16.5. The summed E-state index contributed by atoms with van der Waals surface area (Å²) in [5.74, 6) is 0.266. The highest BCUT2D eigenvalue weighted by molar-refractivity contribution is 7.23. The van der Waals surface area contributed by atoms with Crippen molar-refractivity contribution >= 4 is 54.8 Å². The number of hydrogen-bond donors (Lipinski definition) is 2. The second-order valence-electron chi connectivity index (χ2n) is 6.21. The zero-order chi connectivity index (χ0) is 19.1. The number of nitrogens with two attached hydrogens (primary N) is 1. The third-order valence-corrected chi connectivity index (χ3v) is 6.64. The van der Waals surface area contributed by atoms with Gasteiger partial charge in [-0.3, -0.25) is 9.59 Å². The van der Waals surface area contributed by atoms with E-state index in [1.807, 2.05) is 18.2 Å². The monoisotopic (exact) mass is 402 g/mol. The number of methoxy groups -OCH3 is 1. The summed E-state index contributed by atoms with van der Waals surface area (Å²) < 4.78 is 6.35. The highest BCUT2D eigenvalue weighted by Crippen LogP contribution is 2.40. The SMILES string of the molecule is COc1cccc2sc(Nc3sc4c(c3C(N)=O)CCN(C(C)=O)C4)nc12. The van der Waals surface area contributed by atoms with E-state index in [1.165, 1.54) is 22.7 Å². The van der Waals surface area contributed by atoms with E-state index in [0.717, 1.165) is 20.7 Å². The molecule has 0 bridgehead atoms. The highest BCUT2D eigenvalue weighted by Gasteiger charge is 2.28. The molecule has 0 unspecified atom stereocenters. The third-order valence-electron chi connectivity index (χ3n) is 4.57. The summed E-state index contributed by atoms with van der Waals surface area (Å²) in [4.78, 5) is 31.2. The average molecular weight is 403 g/mol. The van der Waals surface area contributed by atoms with Crippen LogP contribution in [-0.2, 0) is 17.8 Å². The number of hydrogen-bond acceptors (Lipinski definition) is 7. The quantitative estimate of drug-likeness (QED) is 0.699. The Balaban J connectivity index is 1.72. The molecule has 140 valence electrons. The number of nitrogens with one attached hydrogen (secondary N) is 1. The van der Waals surface area contributed by atoms with Crippen LogP contribution in [0.4, 0.5) is 10.1 Å². The van der Waals surface area contributed by atoms with Crippen molar-refractivity contribution in [2.24, 2.45) is 5.73 Å². The van der Waals surface area contributed by atoms with E-state index in [-0.39, 0.29) is 5.91 Å². The van der Waals surface area contributed by atoms with Crippen molar-refractivity contribution in [1.82, 2.24) is 9.88 Å². The maximum absolute atomic E-state index is 12.1. The number of ether oxygens (including phenoxy) is 1. The normalized spacial score (nSPS) is 13.5.